The molecule has 0 spiro atoms. The molecule has 2 aliphatic heterocycles. The number of rotatable bonds is 5. The first-order valence-electron chi connectivity index (χ1n) is 8.77. The molecular weight excluding hydrogens is 306 g/mol. The van der Waals surface area contributed by atoms with Gasteiger partial charge in [0.15, 0.2) is 0 Å². The Morgan fingerprint density at radius 2 is 1.92 bits per heavy atom. The second kappa shape index (κ2) is 7.34. The highest BCUT2D eigenvalue weighted by atomic mass is 16.5. The number of carboxylic acids is 1. The zero-order chi connectivity index (χ0) is 17.0. The van der Waals surface area contributed by atoms with Gasteiger partial charge in [0, 0.05) is 32.6 Å². The maximum atomic E-state index is 12.8. The lowest BCUT2D eigenvalue weighted by atomic mass is 9.87. The third-order valence-corrected chi connectivity index (χ3v) is 5.33. The van der Waals surface area contributed by atoms with E-state index in [0.29, 0.717) is 44.9 Å². The Morgan fingerprint density at radius 1 is 1.21 bits per heavy atom. The fourth-order valence-electron chi connectivity index (χ4n) is 3.97. The molecule has 5 nitrogen and oxygen atoms in total. The summed E-state index contributed by atoms with van der Waals surface area (Å²) in [5.74, 6) is -0.586. The van der Waals surface area contributed by atoms with Gasteiger partial charge in [-0.3, -0.25) is 4.79 Å². The van der Waals surface area contributed by atoms with Crippen LogP contribution in [0, 0.1) is 5.92 Å². The van der Waals surface area contributed by atoms with Crippen LogP contribution in [0.25, 0.3) is 0 Å². The normalized spacial score (nSPS) is 24.9. The molecule has 0 saturated carbocycles. The summed E-state index contributed by atoms with van der Waals surface area (Å²) in [6.45, 7) is 1.94. The standard InChI is InChI=1S/C19H25NO4/c21-17(13-15-7-11-24-12-8-15)20-10-4-9-19(20,18(22)23)14-16-5-2-1-3-6-16/h1-3,5-6,15H,4,7-14H2,(H,22,23)/t19-/m1/s1. The van der Waals surface area contributed by atoms with E-state index in [4.69, 9.17) is 4.74 Å². The molecule has 2 heterocycles. The Morgan fingerprint density at radius 3 is 2.58 bits per heavy atom. The predicted octanol–water partition coefficient (Wildman–Crippen LogP) is 2.49. The van der Waals surface area contributed by atoms with Crippen LogP contribution in [0.4, 0.5) is 0 Å². The Labute approximate surface area is 142 Å². The molecule has 2 aliphatic rings. The quantitative estimate of drug-likeness (QED) is 0.900. The van der Waals surface area contributed by atoms with Gasteiger partial charge in [-0.15, -0.1) is 0 Å². The van der Waals surface area contributed by atoms with E-state index < -0.39 is 11.5 Å². The molecule has 2 saturated heterocycles. The highest BCUT2D eigenvalue weighted by molar-refractivity contribution is 5.88. The van der Waals surface area contributed by atoms with Crippen LogP contribution in [-0.4, -0.2) is 47.2 Å². The molecule has 0 unspecified atom stereocenters. The fraction of sp³-hybridized carbons (Fsp3) is 0.579. The second-order valence-corrected chi connectivity index (χ2v) is 6.91. The van der Waals surface area contributed by atoms with E-state index in [1.807, 2.05) is 30.3 Å². The van der Waals surface area contributed by atoms with E-state index in [9.17, 15) is 14.7 Å². The largest absolute Gasteiger partial charge is 0.479 e. The van der Waals surface area contributed by atoms with Gasteiger partial charge in [-0.25, -0.2) is 4.79 Å². The number of ether oxygens (including phenoxy) is 1. The highest BCUT2D eigenvalue weighted by Crippen LogP contribution is 2.35. The minimum Gasteiger partial charge on any atom is -0.479 e. The van der Waals surface area contributed by atoms with E-state index in [0.717, 1.165) is 24.8 Å². The molecule has 1 aromatic carbocycles. The van der Waals surface area contributed by atoms with Crippen molar-refractivity contribution in [2.24, 2.45) is 5.92 Å². The van der Waals surface area contributed by atoms with Crippen LogP contribution in [0.2, 0.25) is 0 Å². The summed E-state index contributed by atoms with van der Waals surface area (Å²) in [6, 6.07) is 9.61. The first-order valence-corrected chi connectivity index (χ1v) is 8.77. The van der Waals surface area contributed by atoms with Gasteiger partial charge in [0.2, 0.25) is 5.91 Å². The Balaban J connectivity index is 1.76. The number of amides is 1. The number of likely N-dealkylation sites (tertiary alicyclic amines) is 1. The summed E-state index contributed by atoms with van der Waals surface area (Å²) >= 11 is 0. The molecule has 130 valence electrons. The SMILES string of the molecule is O=C(CC1CCOCC1)N1CCC[C@@]1(Cc1ccccc1)C(=O)O. The molecule has 3 rings (SSSR count). The van der Waals surface area contributed by atoms with E-state index in [1.165, 1.54) is 0 Å². The van der Waals surface area contributed by atoms with Gasteiger partial charge in [-0.2, -0.15) is 0 Å². The smallest absolute Gasteiger partial charge is 0.329 e. The minimum atomic E-state index is -1.09. The Kier molecular flexibility index (Phi) is 5.19. The number of carbonyl (C=O) groups excluding carboxylic acids is 1. The number of hydrogen-bond donors (Lipinski definition) is 1. The fourth-order valence-corrected chi connectivity index (χ4v) is 3.97. The molecule has 1 amide bonds. The number of nitrogens with zero attached hydrogens (tertiary/aromatic N) is 1. The van der Waals surface area contributed by atoms with Gasteiger partial charge in [0.25, 0.3) is 0 Å². The molecule has 1 N–H and O–H groups in total. The third kappa shape index (κ3) is 3.46. The van der Waals surface area contributed by atoms with E-state index in [1.54, 1.807) is 4.90 Å². The summed E-state index contributed by atoms with van der Waals surface area (Å²) in [4.78, 5) is 26.6. The molecule has 0 radical (unpaired) electrons. The lowest BCUT2D eigenvalue weighted by molar-refractivity contribution is -0.157. The van der Waals surface area contributed by atoms with Crippen molar-refractivity contribution in [1.82, 2.24) is 4.90 Å². The van der Waals surface area contributed by atoms with E-state index >= 15 is 0 Å². The van der Waals surface area contributed by atoms with Crippen LogP contribution >= 0.6 is 0 Å². The van der Waals surface area contributed by atoms with Crippen molar-refractivity contribution < 1.29 is 19.4 Å². The summed E-state index contributed by atoms with van der Waals surface area (Å²) in [7, 11) is 0. The van der Waals surface area contributed by atoms with Crippen molar-refractivity contribution in [3.63, 3.8) is 0 Å². The number of carbonyl (C=O) groups is 2. The summed E-state index contributed by atoms with van der Waals surface area (Å²) < 4.78 is 5.35. The number of aliphatic carboxylic acids is 1. The van der Waals surface area contributed by atoms with Crippen molar-refractivity contribution in [3.8, 4) is 0 Å². The molecule has 2 fully saturated rings. The monoisotopic (exact) mass is 331 g/mol. The Bertz CT molecular complexity index is 582. The topological polar surface area (TPSA) is 66.8 Å². The third-order valence-electron chi connectivity index (χ3n) is 5.33. The molecule has 1 atom stereocenters. The highest BCUT2D eigenvalue weighted by Gasteiger charge is 2.49. The van der Waals surface area contributed by atoms with Crippen LogP contribution in [0.1, 0.15) is 37.7 Å². The van der Waals surface area contributed by atoms with Crippen LogP contribution in [-0.2, 0) is 20.7 Å². The van der Waals surface area contributed by atoms with Crippen LogP contribution in [0.3, 0.4) is 0 Å². The van der Waals surface area contributed by atoms with Gasteiger partial charge in [-0.1, -0.05) is 30.3 Å². The molecular formula is C19H25NO4. The molecule has 5 heteroatoms. The summed E-state index contributed by atoms with van der Waals surface area (Å²) in [6.07, 6.45) is 3.86. The second-order valence-electron chi connectivity index (χ2n) is 6.91. The minimum absolute atomic E-state index is 0.0160. The average Bonchev–Trinajstić information content (AvgIpc) is 3.02. The molecule has 0 bridgehead atoms. The molecule has 0 aromatic heterocycles. The van der Waals surface area contributed by atoms with Crippen molar-refractivity contribution in [2.75, 3.05) is 19.8 Å². The van der Waals surface area contributed by atoms with E-state index in [2.05, 4.69) is 0 Å². The van der Waals surface area contributed by atoms with Gasteiger partial charge in [0.1, 0.15) is 5.54 Å². The predicted molar refractivity (Wildman–Crippen MR) is 89.6 cm³/mol. The number of hydrogen-bond acceptors (Lipinski definition) is 3. The van der Waals surface area contributed by atoms with Gasteiger partial charge in [0.05, 0.1) is 0 Å². The zero-order valence-electron chi connectivity index (χ0n) is 13.9. The van der Waals surface area contributed by atoms with Crippen molar-refractivity contribution in [2.45, 2.75) is 44.1 Å². The molecule has 0 aliphatic carbocycles. The first kappa shape index (κ1) is 17.0. The summed E-state index contributed by atoms with van der Waals surface area (Å²) in [5.41, 5.74) is -0.130. The van der Waals surface area contributed by atoms with Gasteiger partial charge < -0.3 is 14.7 Å². The lowest BCUT2D eigenvalue weighted by Crippen LogP contribution is -2.55. The van der Waals surface area contributed by atoms with Gasteiger partial charge >= 0.3 is 5.97 Å². The van der Waals surface area contributed by atoms with Crippen molar-refractivity contribution in [3.05, 3.63) is 35.9 Å². The van der Waals surface area contributed by atoms with Crippen molar-refractivity contribution >= 4 is 11.9 Å². The molecule has 1 aromatic rings. The number of carboxylic acid groups (broad SMARTS) is 1. The molecule has 24 heavy (non-hydrogen) atoms. The zero-order valence-corrected chi connectivity index (χ0v) is 13.9. The van der Waals surface area contributed by atoms with Crippen LogP contribution in [0.15, 0.2) is 30.3 Å². The maximum absolute atomic E-state index is 12.8. The lowest BCUT2D eigenvalue weighted by Gasteiger charge is -2.36. The number of benzene rings is 1. The van der Waals surface area contributed by atoms with E-state index in [-0.39, 0.29) is 5.91 Å². The maximum Gasteiger partial charge on any atom is 0.329 e. The average molecular weight is 331 g/mol. The first-order chi connectivity index (χ1) is 11.6. The summed E-state index contributed by atoms with van der Waals surface area (Å²) in [5, 5.41) is 9.94. The van der Waals surface area contributed by atoms with Crippen LogP contribution in [0.5, 0.6) is 0 Å². The Hall–Kier alpha value is -1.88. The van der Waals surface area contributed by atoms with Gasteiger partial charge in [-0.05, 0) is 37.2 Å². The van der Waals surface area contributed by atoms with Crippen molar-refractivity contribution in [1.29, 1.82) is 0 Å². The van der Waals surface area contributed by atoms with Crippen LogP contribution < -0.4 is 0 Å².